The zero-order chi connectivity index (χ0) is 15.1. The lowest BCUT2D eigenvalue weighted by atomic mass is 10.1. The molecule has 0 radical (unpaired) electrons. The summed E-state index contributed by atoms with van der Waals surface area (Å²) < 4.78 is 5.41. The maximum Gasteiger partial charge on any atom is 0.235 e. The van der Waals surface area contributed by atoms with Crippen molar-refractivity contribution in [1.82, 2.24) is 0 Å². The number of hydrogen-bond acceptors (Lipinski definition) is 6. The van der Waals surface area contributed by atoms with Crippen LogP contribution in [0.3, 0.4) is 0 Å². The predicted molar refractivity (Wildman–Crippen MR) is 74.6 cm³/mol. The molecular formula is C15H10O6. The van der Waals surface area contributed by atoms with Crippen LogP contribution in [0.25, 0.3) is 22.3 Å². The lowest BCUT2D eigenvalue weighted by Crippen LogP contribution is -2.02. The van der Waals surface area contributed by atoms with Gasteiger partial charge in [-0.25, -0.2) is 0 Å². The first-order valence-corrected chi connectivity index (χ1v) is 5.98. The largest absolute Gasteiger partial charge is 0.508 e. The molecule has 1 heterocycles. The Morgan fingerprint density at radius 2 is 1.52 bits per heavy atom. The zero-order valence-electron chi connectivity index (χ0n) is 10.6. The summed E-state index contributed by atoms with van der Waals surface area (Å²) >= 11 is 0. The monoisotopic (exact) mass is 286 g/mol. The van der Waals surface area contributed by atoms with E-state index in [0.29, 0.717) is 0 Å². The van der Waals surface area contributed by atoms with E-state index in [9.17, 15) is 25.2 Å². The van der Waals surface area contributed by atoms with Crippen molar-refractivity contribution in [3.05, 3.63) is 46.6 Å². The van der Waals surface area contributed by atoms with Crippen LogP contribution in [-0.2, 0) is 0 Å². The molecular weight excluding hydrogens is 276 g/mol. The van der Waals surface area contributed by atoms with E-state index in [1.807, 2.05) is 0 Å². The zero-order valence-corrected chi connectivity index (χ0v) is 10.6. The van der Waals surface area contributed by atoms with Crippen LogP contribution in [0.5, 0.6) is 23.0 Å². The third-order valence-corrected chi connectivity index (χ3v) is 3.08. The van der Waals surface area contributed by atoms with E-state index in [0.717, 1.165) is 6.07 Å². The molecule has 106 valence electrons. The lowest BCUT2D eigenvalue weighted by molar-refractivity contribution is 0.437. The van der Waals surface area contributed by atoms with Gasteiger partial charge in [-0.2, -0.15) is 0 Å². The van der Waals surface area contributed by atoms with E-state index in [1.54, 1.807) is 0 Å². The summed E-state index contributed by atoms with van der Waals surface area (Å²) in [6, 6.07) is 7.50. The van der Waals surface area contributed by atoms with Gasteiger partial charge in [0.15, 0.2) is 5.76 Å². The second kappa shape index (κ2) is 4.45. The van der Waals surface area contributed by atoms with Gasteiger partial charge in [0.05, 0.1) is 10.9 Å². The van der Waals surface area contributed by atoms with E-state index in [4.69, 9.17) is 4.42 Å². The van der Waals surface area contributed by atoms with Crippen LogP contribution in [-0.4, -0.2) is 20.4 Å². The third-order valence-electron chi connectivity index (χ3n) is 3.08. The standard InChI is InChI=1S/C15H10O6/c16-7-1-3-9(11(18)5-7)15-14(20)13(19)10-4-2-8(17)6-12(10)21-15/h1-6,16-18,20H. The van der Waals surface area contributed by atoms with E-state index in [1.165, 1.54) is 30.3 Å². The van der Waals surface area contributed by atoms with Crippen molar-refractivity contribution in [1.29, 1.82) is 0 Å². The van der Waals surface area contributed by atoms with Crippen molar-refractivity contribution >= 4 is 11.0 Å². The molecule has 0 aliphatic heterocycles. The molecule has 6 nitrogen and oxygen atoms in total. The Morgan fingerprint density at radius 1 is 0.857 bits per heavy atom. The van der Waals surface area contributed by atoms with Crippen molar-refractivity contribution in [2.24, 2.45) is 0 Å². The Kier molecular flexibility index (Phi) is 2.72. The van der Waals surface area contributed by atoms with E-state index < -0.39 is 11.2 Å². The molecule has 0 aliphatic rings. The minimum Gasteiger partial charge on any atom is -0.508 e. The normalized spacial score (nSPS) is 10.9. The van der Waals surface area contributed by atoms with E-state index in [-0.39, 0.29) is 39.5 Å². The van der Waals surface area contributed by atoms with Gasteiger partial charge in [-0.05, 0) is 24.3 Å². The molecule has 4 N–H and O–H groups in total. The van der Waals surface area contributed by atoms with Gasteiger partial charge in [0.2, 0.25) is 11.2 Å². The van der Waals surface area contributed by atoms with Gasteiger partial charge in [-0.1, -0.05) is 0 Å². The number of rotatable bonds is 1. The van der Waals surface area contributed by atoms with Gasteiger partial charge in [0, 0.05) is 12.1 Å². The molecule has 2 aromatic carbocycles. The Labute approximate surface area is 117 Å². The van der Waals surface area contributed by atoms with Gasteiger partial charge >= 0.3 is 0 Å². The van der Waals surface area contributed by atoms with Crippen LogP contribution in [0.4, 0.5) is 0 Å². The van der Waals surface area contributed by atoms with Crippen molar-refractivity contribution in [3.63, 3.8) is 0 Å². The molecule has 0 saturated carbocycles. The molecule has 0 atom stereocenters. The molecule has 21 heavy (non-hydrogen) atoms. The maximum absolute atomic E-state index is 12.1. The summed E-state index contributed by atoms with van der Waals surface area (Å²) in [5, 5.41) is 38.6. The number of aromatic hydroxyl groups is 4. The minimum absolute atomic E-state index is 0.0487. The second-order valence-electron chi connectivity index (χ2n) is 4.49. The first-order chi connectivity index (χ1) is 9.97. The smallest absolute Gasteiger partial charge is 0.235 e. The van der Waals surface area contributed by atoms with Gasteiger partial charge in [-0.15, -0.1) is 0 Å². The third kappa shape index (κ3) is 2.02. The summed E-state index contributed by atoms with van der Waals surface area (Å²) in [4.78, 5) is 12.1. The summed E-state index contributed by atoms with van der Waals surface area (Å²) in [6.45, 7) is 0. The van der Waals surface area contributed by atoms with Gasteiger partial charge < -0.3 is 24.8 Å². The van der Waals surface area contributed by atoms with Crippen molar-refractivity contribution < 1.29 is 24.8 Å². The van der Waals surface area contributed by atoms with E-state index in [2.05, 4.69) is 0 Å². The van der Waals surface area contributed by atoms with Crippen LogP contribution >= 0.6 is 0 Å². The number of phenolic OH excluding ortho intramolecular Hbond substituents is 3. The Balaban J connectivity index is 2.37. The molecule has 6 heteroatoms. The lowest BCUT2D eigenvalue weighted by Gasteiger charge is -2.08. The summed E-state index contributed by atoms with van der Waals surface area (Å²) in [5.74, 6) is -1.52. The highest BCUT2D eigenvalue weighted by Crippen LogP contribution is 2.37. The van der Waals surface area contributed by atoms with Gasteiger partial charge in [0.1, 0.15) is 22.8 Å². The Morgan fingerprint density at radius 3 is 2.24 bits per heavy atom. The molecule has 3 aromatic rings. The fourth-order valence-electron chi connectivity index (χ4n) is 2.07. The fraction of sp³-hybridized carbons (Fsp3) is 0. The topological polar surface area (TPSA) is 111 Å². The van der Waals surface area contributed by atoms with Crippen molar-refractivity contribution in [2.75, 3.05) is 0 Å². The number of hydrogen-bond donors (Lipinski definition) is 4. The van der Waals surface area contributed by atoms with Gasteiger partial charge in [-0.3, -0.25) is 4.79 Å². The molecule has 0 amide bonds. The molecule has 0 saturated heterocycles. The van der Waals surface area contributed by atoms with Gasteiger partial charge in [0.25, 0.3) is 0 Å². The summed E-state index contributed by atoms with van der Waals surface area (Å²) in [6.07, 6.45) is 0. The van der Waals surface area contributed by atoms with Crippen LogP contribution in [0.2, 0.25) is 0 Å². The second-order valence-corrected chi connectivity index (χ2v) is 4.49. The van der Waals surface area contributed by atoms with Crippen molar-refractivity contribution in [3.8, 4) is 34.3 Å². The SMILES string of the molecule is O=c1c(O)c(-c2ccc(O)cc2O)oc2cc(O)ccc12. The highest BCUT2D eigenvalue weighted by molar-refractivity contribution is 5.84. The molecule has 1 aromatic heterocycles. The van der Waals surface area contributed by atoms with Crippen LogP contribution in [0, 0.1) is 0 Å². The highest BCUT2D eigenvalue weighted by atomic mass is 16.4. The van der Waals surface area contributed by atoms with Crippen LogP contribution < -0.4 is 5.43 Å². The molecule has 0 unspecified atom stereocenters. The first-order valence-electron chi connectivity index (χ1n) is 5.98. The minimum atomic E-state index is -0.682. The Bertz CT molecular complexity index is 910. The Hall–Kier alpha value is -3.15. The maximum atomic E-state index is 12.1. The summed E-state index contributed by atoms with van der Waals surface area (Å²) in [7, 11) is 0. The predicted octanol–water partition coefficient (Wildman–Crippen LogP) is 2.28. The fourth-order valence-corrected chi connectivity index (χ4v) is 2.07. The van der Waals surface area contributed by atoms with Crippen LogP contribution in [0.1, 0.15) is 0 Å². The van der Waals surface area contributed by atoms with E-state index >= 15 is 0 Å². The highest BCUT2D eigenvalue weighted by Gasteiger charge is 2.18. The molecule has 0 bridgehead atoms. The average molecular weight is 286 g/mol. The quantitative estimate of drug-likeness (QED) is 0.546. The molecule has 0 spiro atoms. The van der Waals surface area contributed by atoms with Crippen LogP contribution in [0.15, 0.2) is 45.6 Å². The van der Waals surface area contributed by atoms with Crippen molar-refractivity contribution in [2.45, 2.75) is 0 Å². The number of phenols is 3. The molecule has 0 aliphatic carbocycles. The first kappa shape index (κ1) is 12.9. The average Bonchev–Trinajstić information content (AvgIpc) is 2.43. The molecule has 3 rings (SSSR count). The summed E-state index contributed by atoms with van der Waals surface area (Å²) in [5.41, 5.74) is -0.563. The molecule has 0 fully saturated rings. The number of fused-ring (bicyclic) bond motifs is 1. The number of benzene rings is 2.